The quantitative estimate of drug-likeness (QED) is 0.526. The van der Waals surface area contributed by atoms with Crippen molar-refractivity contribution in [3.8, 4) is 0 Å². The first kappa shape index (κ1) is 23.5. The van der Waals surface area contributed by atoms with E-state index in [0.717, 1.165) is 25.7 Å². The molecule has 0 spiro atoms. The van der Waals surface area contributed by atoms with Crippen molar-refractivity contribution >= 4 is 11.9 Å². The summed E-state index contributed by atoms with van der Waals surface area (Å²) in [5.74, 6) is -0.578. The van der Waals surface area contributed by atoms with E-state index < -0.39 is 0 Å². The van der Waals surface area contributed by atoms with Gasteiger partial charge in [0.05, 0.1) is 13.7 Å². The highest BCUT2D eigenvalue weighted by Crippen LogP contribution is 2.05. The van der Waals surface area contributed by atoms with Crippen LogP contribution in [0.3, 0.4) is 0 Å². The van der Waals surface area contributed by atoms with Gasteiger partial charge in [0.15, 0.2) is 0 Å². The van der Waals surface area contributed by atoms with Gasteiger partial charge in [0.25, 0.3) is 0 Å². The molecule has 0 unspecified atom stereocenters. The fourth-order valence-corrected chi connectivity index (χ4v) is 0.955. The van der Waals surface area contributed by atoms with E-state index in [1.807, 2.05) is 6.92 Å². The van der Waals surface area contributed by atoms with Crippen LogP contribution in [0.5, 0.6) is 0 Å². The molecule has 0 aromatic carbocycles. The van der Waals surface area contributed by atoms with Crippen LogP contribution in [0.1, 0.15) is 46.5 Å². The van der Waals surface area contributed by atoms with E-state index in [2.05, 4.69) is 24.8 Å². The molecule has 0 aromatic rings. The Morgan fingerprint density at radius 2 is 1.60 bits per heavy atom. The maximum absolute atomic E-state index is 10.7. The molecule has 0 fully saturated rings. The molecule has 4 heteroatoms. The number of hydrogen-bond donors (Lipinski definition) is 0. The van der Waals surface area contributed by atoms with Crippen LogP contribution in [-0.4, -0.2) is 25.7 Å². The number of hydrogen-bond acceptors (Lipinski definition) is 4. The van der Waals surface area contributed by atoms with Crippen LogP contribution < -0.4 is 0 Å². The zero-order valence-corrected chi connectivity index (χ0v) is 13.6. The van der Waals surface area contributed by atoms with Gasteiger partial charge in [0, 0.05) is 11.1 Å². The molecule has 117 valence electrons. The summed E-state index contributed by atoms with van der Waals surface area (Å²) in [6, 6.07) is 0. The van der Waals surface area contributed by atoms with Crippen molar-refractivity contribution in [1.29, 1.82) is 0 Å². The molecule has 4 nitrogen and oxygen atoms in total. The van der Waals surface area contributed by atoms with Gasteiger partial charge in [-0.1, -0.05) is 40.9 Å². The van der Waals surface area contributed by atoms with Crippen LogP contribution >= 0.6 is 0 Å². The Morgan fingerprint density at radius 1 is 1.05 bits per heavy atom. The highest BCUT2D eigenvalue weighted by molar-refractivity contribution is 5.87. The molecule has 0 bridgehead atoms. The summed E-state index contributed by atoms with van der Waals surface area (Å²) in [7, 11) is 1.37. The molecule has 0 amide bonds. The van der Waals surface area contributed by atoms with Gasteiger partial charge >= 0.3 is 11.9 Å². The fraction of sp³-hybridized carbons (Fsp3) is 0.562. The van der Waals surface area contributed by atoms with Gasteiger partial charge < -0.3 is 9.47 Å². The maximum atomic E-state index is 10.7. The minimum absolute atomic E-state index is 0. The highest BCUT2D eigenvalue weighted by Gasteiger charge is 2.03. The van der Waals surface area contributed by atoms with Crippen molar-refractivity contribution in [2.45, 2.75) is 46.5 Å². The van der Waals surface area contributed by atoms with Gasteiger partial charge in [-0.3, -0.25) is 0 Å². The van der Waals surface area contributed by atoms with Gasteiger partial charge in [0.2, 0.25) is 0 Å². The molecule has 0 aliphatic rings. The topological polar surface area (TPSA) is 52.6 Å². The minimum atomic E-state index is -0.295. The molecule has 1 radical (unpaired) electrons. The Morgan fingerprint density at radius 3 is 1.95 bits per heavy atom. The summed E-state index contributed by atoms with van der Waals surface area (Å²) < 4.78 is 9.18. The SMILES string of the molecule is C=C(C)C(=O)OCCC.C=C(CCCC)C(=O)OC.[CH3]. The second-order valence-electron chi connectivity index (χ2n) is 4.11. The Labute approximate surface area is 123 Å². The maximum Gasteiger partial charge on any atom is 0.333 e. The Kier molecular flexibility index (Phi) is 18.2. The van der Waals surface area contributed by atoms with Crippen LogP contribution in [0.2, 0.25) is 0 Å². The Balaban J connectivity index is -0.000000277. The monoisotopic (exact) mass is 285 g/mol. The number of methoxy groups -OCH3 is 1. The van der Waals surface area contributed by atoms with E-state index in [1.54, 1.807) is 6.92 Å². The first-order valence-electron chi connectivity index (χ1n) is 6.49. The van der Waals surface area contributed by atoms with Crippen LogP contribution in [0, 0.1) is 7.43 Å². The van der Waals surface area contributed by atoms with Crippen molar-refractivity contribution in [2.24, 2.45) is 0 Å². The molecule has 0 atom stereocenters. The number of esters is 2. The lowest BCUT2D eigenvalue weighted by Crippen LogP contribution is -2.04. The highest BCUT2D eigenvalue weighted by atomic mass is 16.5. The lowest BCUT2D eigenvalue weighted by Gasteiger charge is -2.00. The van der Waals surface area contributed by atoms with E-state index >= 15 is 0 Å². The minimum Gasteiger partial charge on any atom is -0.466 e. The average molecular weight is 285 g/mol. The third-order valence-corrected chi connectivity index (χ3v) is 2.09. The standard InChI is InChI=1S/C8H14O2.C7H12O2.CH3/c1-4-5-6-7(2)8(9)10-3;1-4-5-9-7(8)6(2)3;/h2,4-6H2,1,3H3;2,4-5H2,1,3H3;1H3. The molecule has 0 aromatic heterocycles. The zero-order chi connectivity index (χ0) is 15.3. The van der Waals surface area contributed by atoms with Crippen molar-refractivity contribution in [3.63, 3.8) is 0 Å². The van der Waals surface area contributed by atoms with E-state index in [9.17, 15) is 9.59 Å². The third-order valence-electron chi connectivity index (χ3n) is 2.09. The van der Waals surface area contributed by atoms with Crippen molar-refractivity contribution in [2.75, 3.05) is 13.7 Å². The molecule has 0 saturated heterocycles. The summed E-state index contributed by atoms with van der Waals surface area (Å²) in [5.41, 5.74) is 1.04. The molecule has 0 aliphatic heterocycles. The van der Waals surface area contributed by atoms with Crippen LogP contribution in [-0.2, 0) is 19.1 Å². The first-order chi connectivity index (χ1) is 8.90. The number of carbonyl (C=O) groups excluding carboxylic acids is 2. The molecule has 0 N–H and O–H groups in total. The van der Waals surface area contributed by atoms with E-state index in [1.165, 1.54) is 7.11 Å². The van der Waals surface area contributed by atoms with Crippen LogP contribution in [0.4, 0.5) is 0 Å². The lowest BCUT2D eigenvalue weighted by atomic mass is 10.1. The van der Waals surface area contributed by atoms with Crippen molar-refractivity contribution in [3.05, 3.63) is 31.7 Å². The fourth-order valence-electron chi connectivity index (χ4n) is 0.955. The predicted molar refractivity (Wildman–Crippen MR) is 83.2 cm³/mol. The predicted octanol–water partition coefficient (Wildman–Crippen LogP) is 3.87. The summed E-state index contributed by atoms with van der Waals surface area (Å²) in [5, 5.41) is 0. The molecular formula is C16H29O4. The van der Waals surface area contributed by atoms with E-state index in [0.29, 0.717) is 17.8 Å². The Bertz CT molecular complexity index is 306. The summed E-state index contributed by atoms with van der Waals surface area (Å²) in [4.78, 5) is 21.3. The molecule has 0 saturated carbocycles. The van der Waals surface area contributed by atoms with Gasteiger partial charge in [-0.25, -0.2) is 9.59 Å². The second kappa shape index (κ2) is 15.5. The Hall–Kier alpha value is -1.58. The van der Waals surface area contributed by atoms with Crippen LogP contribution in [0.25, 0.3) is 0 Å². The van der Waals surface area contributed by atoms with E-state index in [-0.39, 0.29) is 19.4 Å². The summed E-state index contributed by atoms with van der Waals surface area (Å²) >= 11 is 0. The van der Waals surface area contributed by atoms with Gasteiger partial charge in [-0.05, 0) is 26.2 Å². The lowest BCUT2D eigenvalue weighted by molar-refractivity contribution is -0.139. The van der Waals surface area contributed by atoms with Gasteiger partial charge in [0.1, 0.15) is 0 Å². The van der Waals surface area contributed by atoms with E-state index in [4.69, 9.17) is 4.74 Å². The summed E-state index contributed by atoms with van der Waals surface area (Å²) in [6.45, 7) is 13.2. The van der Waals surface area contributed by atoms with Crippen molar-refractivity contribution < 1.29 is 19.1 Å². The van der Waals surface area contributed by atoms with Crippen molar-refractivity contribution in [1.82, 2.24) is 0 Å². The third kappa shape index (κ3) is 14.5. The number of ether oxygens (including phenoxy) is 2. The first-order valence-corrected chi connectivity index (χ1v) is 6.49. The smallest absolute Gasteiger partial charge is 0.333 e. The number of rotatable bonds is 7. The zero-order valence-electron chi connectivity index (χ0n) is 13.6. The number of unbranched alkanes of at least 4 members (excludes halogenated alkanes) is 1. The molecule has 0 aliphatic carbocycles. The van der Waals surface area contributed by atoms with Gasteiger partial charge in [-0.15, -0.1) is 0 Å². The molecule has 0 rings (SSSR count). The largest absolute Gasteiger partial charge is 0.466 e. The number of carbonyl (C=O) groups is 2. The van der Waals surface area contributed by atoms with Gasteiger partial charge in [-0.2, -0.15) is 0 Å². The average Bonchev–Trinajstić information content (AvgIpc) is 2.41. The molecular weight excluding hydrogens is 256 g/mol. The normalized spacial score (nSPS) is 8.40. The molecule has 20 heavy (non-hydrogen) atoms. The summed E-state index contributed by atoms with van der Waals surface area (Å²) in [6.07, 6.45) is 3.70. The van der Waals surface area contributed by atoms with Crippen LogP contribution in [0.15, 0.2) is 24.3 Å². The molecule has 0 heterocycles. The second-order valence-corrected chi connectivity index (χ2v) is 4.11.